The van der Waals surface area contributed by atoms with Gasteiger partial charge in [-0.15, -0.1) is 0 Å². The van der Waals surface area contributed by atoms with Gasteiger partial charge in [0.05, 0.1) is 25.2 Å². The molecule has 0 saturated carbocycles. The van der Waals surface area contributed by atoms with E-state index in [-0.39, 0.29) is 5.56 Å². The number of para-hydroxylation sites is 1. The highest BCUT2D eigenvalue weighted by molar-refractivity contribution is 5.57. The first-order valence-corrected chi connectivity index (χ1v) is 8.15. The molecule has 0 aliphatic carbocycles. The van der Waals surface area contributed by atoms with Crippen molar-refractivity contribution < 1.29 is 9.47 Å². The zero-order chi connectivity index (χ0) is 16.8. The summed E-state index contributed by atoms with van der Waals surface area (Å²) >= 11 is 0. The van der Waals surface area contributed by atoms with Gasteiger partial charge in [0, 0.05) is 19.7 Å². The predicted octanol–water partition coefficient (Wildman–Crippen LogP) is 1.01. The topological polar surface area (TPSA) is 68.6 Å². The largest absolute Gasteiger partial charge is 0.484 e. The van der Waals surface area contributed by atoms with Crippen molar-refractivity contribution in [3.63, 3.8) is 0 Å². The molecule has 2 aromatic rings. The van der Waals surface area contributed by atoms with E-state index in [9.17, 15) is 4.79 Å². The van der Waals surface area contributed by atoms with Crippen molar-refractivity contribution in [2.75, 3.05) is 44.5 Å². The van der Waals surface area contributed by atoms with E-state index in [1.807, 2.05) is 37.3 Å². The molecule has 1 aromatic carbocycles. The fraction of sp³-hybridized carbons (Fsp3) is 0.412. The SMILES string of the molecule is CCOCCOc1c(N2CCNC2)cnn(-c2ccccc2)c1=O. The van der Waals surface area contributed by atoms with E-state index >= 15 is 0 Å². The van der Waals surface area contributed by atoms with E-state index in [2.05, 4.69) is 15.3 Å². The summed E-state index contributed by atoms with van der Waals surface area (Å²) < 4.78 is 12.4. The van der Waals surface area contributed by atoms with Gasteiger partial charge in [0.25, 0.3) is 0 Å². The lowest BCUT2D eigenvalue weighted by Gasteiger charge is -2.20. The first-order chi connectivity index (χ1) is 11.8. The van der Waals surface area contributed by atoms with Gasteiger partial charge in [0.1, 0.15) is 12.3 Å². The molecule has 128 valence electrons. The van der Waals surface area contributed by atoms with Crippen LogP contribution >= 0.6 is 0 Å². The molecule has 1 aliphatic heterocycles. The van der Waals surface area contributed by atoms with Crippen LogP contribution in [0.5, 0.6) is 5.75 Å². The van der Waals surface area contributed by atoms with Crippen molar-refractivity contribution >= 4 is 5.69 Å². The zero-order valence-corrected chi connectivity index (χ0v) is 13.8. The van der Waals surface area contributed by atoms with Crippen LogP contribution in [0.3, 0.4) is 0 Å². The molecule has 1 fully saturated rings. The third-order valence-corrected chi connectivity index (χ3v) is 3.80. The average molecular weight is 330 g/mol. The van der Waals surface area contributed by atoms with Crippen molar-refractivity contribution in [3.8, 4) is 11.4 Å². The highest BCUT2D eigenvalue weighted by Crippen LogP contribution is 2.24. The molecule has 0 radical (unpaired) electrons. The fourth-order valence-corrected chi connectivity index (χ4v) is 2.60. The number of nitrogens with one attached hydrogen (secondary N) is 1. The number of ether oxygens (including phenoxy) is 2. The molecule has 0 spiro atoms. The third-order valence-electron chi connectivity index (χ3n) is 3.80. The van der Waals surface area contributed by atoms with E-state index in [1.54, 1.807) is 6.20 Å². The maximum Gasteiger partial charge on any atom is 0.316 e. The molecule has 1 aliphatic rings. The smallest absolute Gasteiger partial charge is 0.316 e. The molecular weight excluding hydrogens is 308 g/mol. The summed E-state index contributed by atoms with van der Waals surface area (Å²) in [5.41, 5.74) is 1.17. The Hall–Kier alpha value is -2.38. The maximum atomic E-state index is 12.9. The van der Waals surface area contributed by atoms with Crippen molar-refractivity contribution in [3.05, 3.63) is 46.9 Å². The normalized spacial score (nSPS) is 14.1. The lowest BCUT2D eigenvalue weighted by atomic mass is 10.3. The first-order valence-electron chi connectivity index (χ1n) is 8.15. The number of benzene rings is 1. The van der Waals surface area contributed by atoms with E-state index in [0.717, 1.165) is 13.1 Å². The molecule has 1 saturated heterocycles. The monoisotopic (exact) mass is 330 g/mol. The highest BCUT2D eigenvalue weighted by Gasteiger charge is 2.21. The van der Waals surface area contributed by atoms with Crippen LogP contribution in [0.15, 0.2) is 41.3 Å². The van der Waals surface area contributed by atoms with Crippen LogP contribution in [-0.2, 0) is 4.74 Å². The van der Waals surface area contributed by atoms with E-state index in [1.165, 1.54) is 4.68 Å². The van der Waals surface area contributed by atoms with Gasteiger partial charge in [0.15, 0.2) is 0 Å². The summed E-state index contributed by atoms with van der Waals surface area (Å²) in [5, 5.41) is 7.57. The van der Waals surface area contributed by atoms with Crippen LogP contribution < -0.4 is 20.5 Å². The molecule has 1 N–H and O–H groups in total. The minimum atomic E-state index is -0.262. The number of aromatic nitrogens is 2. The van der Waals surface area contributed by atoms with Gasteiger partial charge in [-0.05, 0) is 19.1 Å². The Morgan fingerprint density at radius 1 is 1.25 bits per heavy atom. The third kappa shape index (κ3) is 3.58. The standard InChI is InChI=1S/C17H22N4O3/c1-2-23-10-11-24-16-15(20-9-8-18-13-20)12-19-21(17(16)22)14-6-4-3-5-7-14/h3-7,12,18H,2,8-11,13H2,1H3. The van der Waals surface area contributed by atoms with Gasteiger partial charge in [-0.3, -0.25) is 10.1 Å². The molecule has 3 rings (SSSR count). The highest BCUT2D eigenvalue weighted by atomic mass is 16.5. The second kappa shape index (κ2) is 7.94. The molecule has 2 heterocycles. The van der Waals surface area contributed by atoms with Gasteiger partial charge >= 0.3 is 5.56 Å². The van der Waals surface area contributed by atoms with Crippen molar-refractivity contribution in [1.29, 1.82) is 0 Å². The average Bonchev–Trinajstić information content (AvgIpc) is 3.15. The van der Waals surface area contributed by atoms with Crippen LogP contribution in [-0.4, -0.2) is 49.4 Å². The molecule has 24 heavy (non-hydrogen) atoms. The van der Waals surface area contributed by atoms with Gasteiger partial charge in [-0.1, -0.05) is 18.2 Å². The molecular formula is C17H22N4O3. The molecule has 0 amide bonds. The lowest BCUT2D eigenvalue weighted by molar-refractivity contribution is 0.109. The summed E-state index contributed by atoms with van der Waals surface area (Å²) in [4.78, 5) is 15.0. The van der Waals surface area contributed by atoms with E-state index in [4.69, 9.17) is 9.47 Å². The number of nitrogens with zero attached hydrogens (tertiary/aromatic N) is 3. The Balaban J connectivity index is 1.94. The molecule has 0 bridgehead atoms. The summed E-state index contributed by atoms with van der Waals surface area (Å²) in [6.07, 6.45) is 1.69. The van der Waals surface area contributed by atoms with Gasteiger partial charge in [-0.2, -0.15) is 9.78 Å². The van der Waals surface area contributed by atoms with E-state index < -0.39 is 0 Å². The quantitative estimate of drug-likeness (QED) is 0.765. The van der Waals surface area contributed by atoms with Crippen molar-refractivity contribution in [1.82, 2.24) is 15.1 Å². The molecule has 7 heteroatoms. The minimum absolute atomic E-state index is 0.262. The van der Waals surface area contributed by atoms with Gasteiger partial charge in [-0.25, -0.2) is 0 Å². The Morgan fingerprint density at radius 2 is 2.08 bits per heavy atom. The van der Waals surface area contributed by atoms with Crippen LogP contribution in [0.25, 0.3) is 5.69 Å². The van der Waals surface area contributed by atoms with Crippen LogP contribution in [0.1, 0.15) is 6.92 Å². The second-order valence-corrected chi connectivity index (χ2v) is 5.38. The number of rotatable bonds is 7. The fourth-order valence-electron chi connectivity index (χ4n) is 2.60. The predicted molar refractivity (Wildman–Crippen MR) is 92.0 cm³/mol. The summed E-state index contributed by atoms with van der Waals surface area (Å²) in [6, 6.07) is 9.33. The molecule has 1 aromatic heterocycles. The Morgan fingerprint density at radius 3 is 2.79 bits per heavy atom. The van der Waals surface area contributed by atoms with Crippen molar-refractivity contribution in [2.45, 2.75) is 6.92 Å². The van der Waals surface area contributed by atoms with Crippen LogP contribution in [0, 0.1) is 0 Å². The Kier molecular flexibility index (Phi) is 5.45. The number of hydrogen-bond donors (Lipinski definition) is 1. The lowest BCUT2D eigenvalue weighted by Crippen LogP contribution is -2.29. The second-order valence-electron chi connectivity index (χ2n) is 5.38. The van der Waals surface area contributed by atoms with Gasteiger partial charge < -0.3 is 14.4 Å². The minimum Gasteiger partial charge on any atom is -0.484 e. The van der Waals surface area contributed by atoms with E-state index in [0.29, 0.717) is 43.6 Å². The number of hydrogen-bond acceptors (Lipinski definition) is 6. The number of anilines is 1. The first kappa shape index (κ1) is 16.5. The van der Waals surface area contributed by atoms with Crippen LogP contribution in [0.4, 0.5) is 5.69 Å². The molecule has 0 atom stereocenters. The summed E-state index contributed by atoms with van der Waals surface area (Å²) in [6.45, 7) is 5.70. The Labute approximate surface area is 140 Å². The summed E-state index contributed by atoms with van der Waals surface area (Å²) in [7, 11) is 0. The molecule has 0 unspecified atom stereocenters. The summed E-state index contributed by atoms with van der Waals surface area (Å²) in [5.74, 6) is 0.317. The van der Waals surface area contributed by atoms with Crippen molar-refractivity contribution in [2.24, 2.45) is 0 Å². The maximum absolute atomic E-state index is 12.9. The molecule has 7 nitrogen and oxygen atoms in total. The Bertz CT molecular complexity index is 712. The zero-order valence-electron chi connectivity index (χ0n) is 13.8. The van der Waals surface area contributed by atoms with Crippen LogP contribution in [0.2, 0.25) is 0 Å². The van der Waals surface area contributed by atoms with Gasteiger partial charge in [0.2, 0.25) is 5.75 Å².